The second kappa shape index (κ2) is 7.10. The van der Waals surface area contributed by atoms with Gasteiger partial charge in [-0.2, -0.15) is 0 Å². The van der Waals surface area contributed by atoms with Gasteiger partial charge in [-0.3, -0.25) is 9.59 Å². The first-order chi connectivity index (χ1) is 14.5. The van der Waals surface area contributed by atoms with Gasteiger partial charge in [0.25, 0.3) is 0 Å². The zero-order chi connectivity index (χ0) is 20.9. The number of carbonyl (C=O) groups excluding carboxylic acids is 2. The molecule has 3 aliphatic heterocycles. The number of hydrogen-bond donors (Lipinski definition) is 1. The van der Waals surface area contributed by atoms with Crippen LogP contribution in [0.2, 0.25) is 0 Å². The molecule has 5 rings (SSSR count). The van der Waals surface area contributed by atoms with Crippen molar-refractivity contribution in [3.05, 3.63) is 83.4 Å². The van der Waals surface area contributed by atoms with Crippen molar-refractivity contribution in [3.8, 4) is 0 Å². The summed E-state index contributed by atoms with van der Waals surface area (Å²) in [4.78, 5) is 28.4. The van der Waals surface area contributed by atoms with Crippen LogP contribution >= 0.6 is 0 Å². The first-order valence-corrected chi connectivity index (χ1v) is 10.5. The highest BCUT2D eigenvalue weighted by molar-refractivity contribution is 5.93. The van der Waals surface area contributed by atoms with E-state index in [1.165, 1.54) is 5.56 Å². The molecule has 5 atom stereocenters. The number of amides is 2. The smallest absolute Gasteiger partial charge is 0.230 e. The van der Waals surface area contributed by atoms with E-state index in [1.807, 2.05) is 73.4 Å². The van der Waals surface area contributed by atoms with Gasteiger partial charge in [0, 0.05) is 6.54 Å². The normalized spacial score (nSPS) is 29.9. The van der Waals surface area contributed by atoms with Gasteiger partial charge in [0.1, 0.15) is 5.60 Å². The van der Waals surface area contributed by atoms with Gasteiger partial charge < -0.3 is 15.0 Å². The Kier molecular flexibility index (Phi) is 4.51. The highest BCUT2D eigenvalue weighted by Gasteiger charge is 2.66. The number of benzene rings is 2. The van der Waals surface area contributed by atoms with E-state index in [4.69, 9.17) is 4.74 Å². The van der Waals surface area contributed by atoms with Gasteiger partial charge in [-0.1, -0.05) is 72.3 Å². The number of rotatable bonds is 5. The fraction of sp³-hybridized carbons (Fsp3) is 0.360. The van der Waals surface area contributed by atoms with Crippen molar-refractivity contribution < 1.29 is 14.3 Å². The Hall–Kier alpha value is -2.92. The summed E-state index contributed by atoms with van der Waals surface area (Å²) >= 11 is 0. The molecule has 5 nitrogen and oxygen atoms in total. The summed E-state index contributed by atoms with van der Waals surface area (Å²) in [7, 11) is 0. The standard InChI is InChI=1S/C25H26N2O3/c1-16-8-10-18(11-9-16)14-27-15-25-13-12-20(30-25)21(22(25)24(27)29)23(28)26-17(2)19-6-4-3-5-7-19/h3-13,17,20-22H,14-15H2,1-2H3,(H,26,28). The second-order valence-electron chi connectivity index (χ2n) is 8.72. The molecule has 2 saturated heterocycles. The number of nitrogens with zero attached hydrogens (tertiary/aromatic N) is 1. The number of likely N-dealkylation sites (tertiary alicyclic amines) is 1. The fourth-order valence-corrected chi connectivity index (χ4v) is 5.06. The number of hydrogen-bond acceptors (Lipinski definition) is 3. The van der Waals surface area contributed by atoms with Crippen LogP contribution in [-0.2, 0) is 20.9 Å². The lowest BCUT2D eigenvalue weighted by Gasteiger charge is -2.25. The molecule has 0 saturated carbocycles. The molecule has 5 unspecified atom stereocenters. The van der Waals surface area contributed by atoms with Crippen molar-refractivity contribution in [2.24, 2.45) is 11.8 Å². The molecule has 3 aliphatic rings. The highest BCUT2D eigenvalue weighted by atomic mass is 16.5. The summed E-state index contributed by atoms with van der Waals surface area (Å²) < 4.78 is 6.23. The Morgan fingerprint density at radius 1 is 1.20 bits per heavy atom. The molecule has 2 bridgehead atoms. The van der Waals surface area contributed by atoms with E-state index in [-0.39, 0.29) is 24.0 Å². The minimum Gasteiger partial charge on any atom is -0.360 e. The molecule has 1 N–H and O–H groups in total. The van der Waals surface area contributed by atoms with Gasteiger partial charge in [-0.25, -0.2) is 0 Å². The summed E-state index contributed by atoms with van der Waals surface area (Å²) in [6.07, 6.45) is 3.62. The SMILES string of the molecule is Cc1ccc(CN2CC34C=CC(O3)C(C(=O)NC(C)c3ccccc3)C4C2=O)cc1. The van der Waals surface area contributed by atoms with E-state index >= 15 is 0 Å². The zero-order valence-corrected chi connectivity index (χ0v) is 17.2. The molecular weight excluding hydrogens is 376 g/mol. The van der Waals surface area contributed by atoms with Crippen molar-refractivity contribution in [1.29, 1.82) is 0 Å². The van der Waals surface area contributed by atoms with Crippen LogP contribution in [0.5, 0.6) is 0 Å². The molecule has 0 aliphatic carbocycles. The molecule has 2 aromatic carbocycles. The molecule has 5 heteroatoms. The Bertz CT molecular complexity index is 1000. The predicted molar refractivity (Wildman–Crippen MR) is 113 cm³/mol. The molecule has 1 spiro atoms. The monoisotopic (exact) mass is 402 g/mol. The summed E-state index contributed by atoms with van der Waals surface area (Å²) in [5.74, 6) is -1.05. The largest absolute Gasteiger partial charge is 0.360 e. The van der Waals surface area contributed by atoms with Gasteiger partial charge in [0.2, 0.25) is 11.8 Å². The number of fused-ring (bicyclic) bond motifs is 1. The molecule has 2 aromatic rings. The minimum atomic E-state index is -0.676. The van der Waals surface area contributed by atoms with Gasteiger partial charge in [-0.15, -0.1) is 0 Å². The third-order valence-electron chi connectivity index (χ3n) is 6.63. The van der Waals surface area contributed by atoms with E-state index in [9.17, 15) is 9.59 Å². The topological polar surface area (TPSA) is 58.6 Å². The van der Waals surface area contributed by atoms with Crippen LogP contribution in [0, 0.1) is 18.8 Å². The molecule has 154 valence electrons. The second-order valence-corrected chi connectivity index (χ2v) is 8.72. The van der Waals surface area contributed by atoms with E-state index in [0.717, 1.165) is 11.1 Å². The Morgan fingerprint density at radius 3 is 2.67 bits per heavy atom. The van der Waals surface area contributed by atoms with Crippen LogP contribution in [0.4, 0.5) is 0 Å². The summed E-state index contributed by atoms with van der Waals surface area (Å²) in [5, 5.41) is 3.10. The van der Waals surface area contributed by atoms with Crippen molar-refractivity contribution in [3.63, 3.8) is 0 Å². The zero-order valence-electron chi connectivity index (χ0n) is 17.2. The maximum absolute atomic E-state index is 13.3. The maximum Gasteiger partial charge on any atom is 0.230 e. The van der Waals surface area contributed by atoms with Crippen LogP contribution in [-0.4, -0.2) is 35.0 Å². The van der Waals surface area contributed by atoms with Crippen LogP contribution in [0.1, 0.15) is 29.7 Å². The van der Waals surface area contributed by atoms with E-state index < -0.39 is 17.4 Å². The highest BCUT2D eigenvalue weighted by Crippen LogP contribution is 2.52. The quantitative estimate of drug-likeness (QED) is 0.782. The Balaban J connectivity index is 1.34. The fourth-order valence-electron chi connectivity index (χ4n) is 5.06. The van der Waals surface area contributed by atoms with Gasteiger partial charge in [0.05, 0.1) is 30.5 Å². The third-order valence-corrected chi connectivity index (χ3v) is 6.63. The number of ether oxygens (including phenoxy) is 1. The molecule has 2 fully saturated rings. The lowest BCUT2D eigenvalue weighted by atomic mass is 9.76. The average molecular weight is 402 g/mol. The van der Waals surface area contributed by atoms with Crippen molar-refractivity contribution in [2.45, 2.75) is 38.1 Å². The van der Waals surface area contributed by atoms with Gasteiger partial charge in [0.15, 0.2) is 0 Å². The number of nitrogens with one attached hydrogen (secondary N) is 1. The van der Waals surface area contributed by atoms with Crippen molar-refractivity contribution in [1.82, 2.24) is 10.2 Å². The minimum absolute atomic E-state index is 0.00920. The molecular formula is C25H26N2O3. The maximum atomic E-state index is 13.3. The number of aryl methyl sites for hydroxylation is 1. The Labute approximate surface area is 176 Å². The number of carbonyl (C=O) groups is 2. The van der Waals surface area contributed by atoms with E-state index in [0.29, 0.717) is 13.1 Å². The average Bonchev–Trinajstić information content (AvgIpc) is 3.38. The summed E-state index contributed by atoms with van der Waals surface area (Å²) in [6.45, 7) is 5.04. The van der Waals surface area contributed by atoms with Crippen LogP contribution in [0.15, 0.2) is 66.7 Å². The molecule has 30 heavy (non-hydrogen) atoms. The molecule has 3 heterocycles. The van der Waals surface area contributed by atoms with E-state index in [1.54, 1.807) is 0 Å². The van der Waals surface area contributed by atoms with Crippen LogP contribution < -0.4 is 5.32 Å². The van der Waals surface area contributed by atoms with Gasteiger partial charge in [-0.05, 0) is 25.0 Å². The van der Waals surface area contributed by atoms with Gasteiger partial charge >= 0.3 is 0 Å². The summed E-state index contributed by atoms with van der Waals surface area (Å²) in [5.41, 5.74) is 2.64. The third kappa shape index (κ3) is 3.05. The van der Waals surface area contributed by atoms with Crippen LogP contribution in [0.25, 0.3) is 0 Å². The molecule has 2 amide bonds. The lowest BCUT2D eigenvalue weighted by molar-refractivity contribution is -0.138. The van der Waals surface area contributed by atoms with Crippen LogP contribution in [0.3, 0.4) is 0 Å². The molecule has 0 radical (unpaired) electrons. The van der Waals surface area contributed by atoms with Crippen molar-refractivity contribution in [2.75, 3.05) is 6.54 Å². The first-order valence-electron chi connectivity index (χ1n) is 10.5. The Morgan fingerprint density at radius 2 is 1.93 bits per heavy atom. The first kappa shape index (κ1) is 19.1. The van der Waals surface area contributed by atoms with Crippen molar-refractivity contribution >= 4 is 11.8 Å². The lowest BCUT2D eigenvalue weighted by Crippen LogP contribution is -2.44. The van der Waals surface area contributed by atoms with E-state index in [2.05, 4.69) is 17.4 Å². The predicted octanol–water partition coefficient (Wildman–Crippen LogP) is 3.15. The molecule has 0 aromatic heterocycles. The summed E-state index contributed by atoms with van der Waals surface area (Å²) in [6, 6.07) is 17.9.